The van der Waals surface area contributed by atoms with E-state index in [0.29, 0.717) is 17.7 Å². The number of carbonyl (C=O) groups is 1. The molecule has 0 spiro atoms. The number of anilines is 1. The Morgan fingerprint density at radius 2 is 1.46 bits per heavy atom. The molecule has 196 valence electrons. The third kappa shape index (κ3) is 5.82. The molecule has 0 unspecified atom stereocenters. The van der Waals surface area contributed by atoms with E-state index in [4.69, 9.17) is 16.3 Å². The summed E-state index contributed by atoms with van der Waals surface area (Å²) in [6, 6.07) is 30.4. The van der Waals surface area contributed by atoms with Crippen LogP contribution in [0.25, 0.3) is 10.8 Å². The number of aryl methyl sites for hydroxylation is 2. The van der Waals surface area contributed by atoms with Gasteiger partial charge in [-0.25, -0.2) is 4.79 Å². The number of ether oxygens (including phenoxy) is 1. The number of rotatable bonds is 8. The van der Waals surface area contributed by atoms with E-state index in [9.17, 15) is 15.0 Å². The standard InChI is InChI=1S/C32H26ClNO4S/c1-20-16-25(17-21(2)30(20)33)38-24-14-12-23(13-15-24)34(19-22-8-4-3-5-9-22)39-29-18-28(32(36)37)31(35)27-11-7-6-10-26(27)29/h3-18,35H,19H2,1-2H3,(H,36,37). The molecule has 0 heterocycles. The fraction of sp³-hybridized carbons (Fsp3) is 0.0938. The highest BCUT2D eigenvalue weighted by Crippen LogP contribution is 2.40. The summed E-state index contributed by atoms with van der Waals surface area (Å²) >= 11 is 7.73. The Labute approximate surface area is 236 Å². The maximum Gasteiger partial charge on any atom is 0.339 e. The highest BCUT2D eigenvalue weighted by Gasteiger charge is 2.19. The zero-order valence-corrected chi connectivity index (χ0v) is 23.0. The van der Waals surface area contributed by atoms with Gasteiger partial charge in [0.15, 0.2) is 0 Å². The molecule has 39 heavy (non-hydrogen) atoms. The lowest BCUT2D eigenvalue weighted by atomic mass is 10.1. The molecule has 5 aromatic carbocycles. The van der Waals surface area contributed by atoms with Crippen LogP contribution in [0.4, 0.5) is 5.69 Å². The van der Waals surface area contributed by atoms with E-state index >= 15 is 0 Å². The number of benzene rings is 5. The third-order valence-electron chi connectivity index (χ3n) is 6.36. The van der Waals surface area contributed by atoms with Crippen molar-refractivity contribution in [2.75, 3.05) is 4.31 Å². The molecule has 0 amide bonds. The molecule has 5 nitrogen and oxygen atoms in total. The van der Waals surface area contributed by atoms with Crippen molar-refractivity contribution in [2.45, 2.75) is 25.3 Å². The van der Waals surface area contributed by atoms with Gasteiger partial charge in [0, 0.05) is 26.4 Å². The SMILES string of the molecule is Cc1cc(Oc2ccc(N(Cc3ccccc3)Sc3cc(C(=O)O)c(O)c4ccccc34)cc2)cc(C)c1Cl. The summed E-state index contributed by atoms with van der Waals surface area (Å²) in [5.41, 5.74) is 3.78. The Morgan fingerprint density at radius 1 is 0.846 bits per heavy atom. The Hall–Kier alpha value is -4.13. The highest BCUT2D eigenvalue weighted by atomic mass is 35.5. The molecule has 0 saturated heterocycles. The van der Waals surface area contributed by atoms with Gasteiger partial charge in [-0.1, -0.05) is 66.2 Å². The lowest BCUT2D eigenvalue weighted by Gasteiger charge is -2.25. The fourth-order valence-corrected chi connectivity index (χ4v) is 5.63. The molecule has 7 heteroatoms. The van der Waals surface area contributed by atoms with Crippen LogP contribution in [0.1, 0.15) is 27.0 Å². The lowest BCUT2D eigenvalue weighted by Crippen LogP contribution is -2.14. The predicted molar refractivity (Wildman–Crippen MR) is 158 cm³/mol. The first kappa shape index (κ1) is 26.5. The van der Waals surface area contributed by atoms with Crippen LogP contribution in [0.3, 0.4) is 0 Å². The molecule has 0 aliphatic heterocycles. The Morgan fingerprint density at radius 3 is 2.10 bits per heavy atom. The van der Waals surface area contributed by atoms with Crippen molar-refractivity contribution in [1.29, 1.82) is 0 Å². The van der Waals surface area contributed by atoms with E-state index in [1.165, 1.54) is 18.0 Å². The Balaban J connectivity index is 1.50. The van der Waals surface area contributed by atoms with Crippen LogP contribution < -0.4 is 9.04 Å². The van der Waals surface area contributed by atoms with Gasteiger partial charge in [-0.05, 0) is 85.0 Å². The first-order chi connectivity index (χ1) is 18.8. The van der Waals surface area contributed by atoms with Crippen molar-refractivity contribution in [3.63, 3.8) is 0 Å². The summed E-state index contributed by atoms with van der Waals surface area (Å²) in [5, 5.41) is 22.3. The van der Waals surface area contributed by atoms with Gasteiger partial charge in [0.2, 0.25) is 0 Å². The first-order valence-electron chi connectivity index (χ1n) is 12.3. The molecule has 0 bridgehead atoms. The van der Waals surface area contributed by atoms with Gasteiger partial charge in [0.05, 0.1) is 6.54 Å². The number of aromatic hydroxyl groups is 1. The molecule has 0 saturated carbocycles. The van der Waals surface area contributed by atoms with Gasteiger partial charge < -0.3 is 19.3 Å². The molecule has 0 aromatic heterocycles. The number of halogens is 1. The van der Waals surface area contributed by atoms with Crippen LogP contribution in [0.15, 0.2) is 102 Å². The van der Waals surface area contributed by atoms with E-state index in [0.717, 1.165) is 43.4 Å². The summed E-state index contributed by atoms with van der Waals surface area (Å²) in [6.45, 7) is 4.47. The monoisotopic (exact) mass is 555 g/mol. The van der Waals surface area contributed by atoms with Crippen molar-refractivity contribution in [3.8, 4) is 17.2 Å². The molecule has 0 atom stereocenters. The van der Waals surface area contributed by atoms with Gasteiger partial charge in [0.25, 0.3) is 0 Å². The molecule has 0 radical (unpaired) electrons. The Kier molecular flexibility index (Phi) is 7.68. The van der Waals surface area contributed by atoms with E-state index in [1.54, 1.807) is 12.1 Å². The number of phenols is 1. The molecular weight excluding hydrogens is 530 g/mol. The second-order valence-electron chi connectivity index (χ2n) is 9.20. The van der Waals surface area contributed by atoms with E-state index in [2.05, 4.69) is 4.31 Å². The van der Waals surface area contributed by atoms with Crippen molar-refractivity contribution < 1.29 is 19.7 Å². The van der Waals surface area contributed by atoms with Crippen molar-refractivity contribution in [1.82, 2.24) is 0 Å². The number of hydrogen-bond donors (Lipinski definition) is 2. The number of hydrogen-bond acceptors (Lipinski definition) is 5. The minimum absolute atomic E-state index is 0.131. The average molecular weight is 556 g/mol. The van der Waals surface area contributed by atoms with Gasteiger partial charge >= 0.3 is 5.97 Å². The van der Waals surface area contributed by atoms with Crippen LogP contribution in [0.2, 0.25) is 5.02 Å². The maximum absolute atomic E-state index is 11.9. The third-order valence-corrected chi connectivity index (χ3v) is 8.05. The first-order valence-corrected chi connectivity index (χ1v) is 13.5. The molecule has 5 aromatic rings. The fourth-order valence-electron chi connectivity index (χ4n) is 4.39. The number of aromatic carboxylic acids is 1. The highest BCUT2D eigenvalue weighted by molar-refractivity contribution is 8.00. The van der Waals surface area contributed by atoms with E-state index in [-0.39, 0.29) is 11.3 Å². The van der Waals surface area contributed by atoms with Crippen LogP contribution >= 0.6 is 23.5 Å². The van der Waals surface area contributed by atoms with Crippen molar-refractivity contribution in [2.24, 2.45) is 0 Å². The van der Waals surface area contributed by atoms with Gasteiger partial charge in [-0.3, -0.25) is 0 Å². The van der Waals surface area contributed by atoms with Gasteiger partial charge in [-0.2, -0.15) is 0 Å². The second kappa shape index (κ2) is 11.3. The zero-order valence-electron chi connectivity index (χ0n) is 21.4. The molecule has 0 fully saturated rings. The molecule has 2 N–H and O–H groups in total. The molecule has 0 aliphatic rings. The van der Waals surface area contributed by atoms with Crippen molar-refractivity contribution in [3.05, 3.63) is 124 Å². The summed E-state index contributed by atoms with van der Waals surface area (Å²) in [6.07, 6.45) is 0. The summed E-state index contributed by atoms with van der Waals surface area (Å²) in [4.78, 5) is 12.6. The van der Waals surface area contributed by atoms with Gasteiger partial charge in [-0.15, -0.1) is 0 Å². The summed E-state index contributed by atoms with van der Waals surface area (Å²) in [7, 11) is 0. The number of carboxylic acid groups (broad SMARTS) is 1. The molecule has 0 aliphatic carbocycles. The minimum Gasteiger partial charge on any atom is -0.506 e. The predicted octanol–water partition coefficient (Wildman–Crippen LogP) is 9.02. The smallest absolute Gasteiger partial charge is 0.339 e. The molecular formula is C32H26ClNO4S. The normalized spacial score (nSPS) is 10.9. The largest absolute Gasteiger partial charge is 0.506 e. The topological polar surface area (TPSA) is 70.0 Å². The quantitative estimate of drug-likeness (QED) is 0.186. The van der Waals surface area contributed by atoms with Crippen molar-refractivity contribution >= 4 is 46.0 Å². The average Bonchev–Trinajstić information content (AvgIpc) is 2.93. The maximum atomic E-state index is 11.9. The van der Waals surface area contributed by atoms with Crippen LogP contribution in [0.5, 0.6) is 17.2 Å². The zero-order chi connectivity index (χ0) is 27.5. The molecule has 5 rings (SSSR count). The van der Waals surface area contributed by atoms with Crippen LogP contribution in [-0.2, 0) is 6.54 Å². The summed E-state index contributed by atoms with van der Waals surface area (Å²) in [5.74, 6) is -0.00247. The lowest BCUT2D eigenvalue weighted by molar-refractivity contribution is 0.0693. The second-order valence-corrected chi connectivity index (χ2v) is 10.6. The van der Waals surface area contributed by atoms with Crippen LogP contribution in [0, 0.1) is 13.8 Å². The van der Waals surface area contributed by atoms with E-state index < -0.39 is 5.97 Å². The number of carboxylic acids is 1. The van der Waals surface area contributed by atoms with Gasteiger partial charge in [0.1, 0.15) is 22.8 Å². The Bertz CT molecular complexity index is 1630. The van der Waals surface area contributed by atoms with Crippen LogP contribution in [-0.4, -0.2) is 16.2 Å². The number of nitrogens with zero attached hydrogens (tertiary/aromatic N) is 1. The number of fused-ring (bicyclic) bond motifs is 1. The van der Waals surface area contributed by atoms with E-state index in [1.807, 2.05) is 92.7 Å². The minimum atomic E-state index is -1.18. The summed E-state index contributed by atoms with van der Waals surface area (Å²) < 4.78 is 8.20.